The fraction of sp³-hybridized carbons (Fsp3) is 0.571. The van der Waals surface area contributed by atoms with E-state index < -0.39 is 7.25 Å². The molecule has 1 heterocycles. The summed E-state index contributed by atoms with van der Waals surface area (Å²) in [4.78, 5) is 10.3. The van der Waals surface area contributed by atoms with Crippen molar-refractivity contribution in [2.24, 2.45) is 0 Å². The molecule has 1 aromatic heterocycles. The molecule has 0 saturated heterocycles. The third kappa shape index (κ3) is 9.16. The number of aromatic nitrogens is 2. The topological polar surface area (TPSA) is 27.3 Å². The molecule has 0 atom stereocenters. The van der Waals surface area contributed by atoms with E-state index in [1.165, 1.54) is 0 Å². The van der Waals surface area contributed by atoms with Gasteiger partial charge in [0.05, 0.1) is 0 Å². The Morgan fingerprint density at radius 3 is 2.19 bits per heavy atom. The van der Waals surface area contributed by atoms with Gasteiger partial charge in [0.25, 0.3) is 0 Å². The first kappa shape index (κ1) is 14.6. The molecule has 9 heteroatoms. The maximum atomic E-state index is 9.75. The Morgan fingerprint density at radius 1 is 1.19 bits per heavy atom. The standard InChI is InChI=1S/C7H13N2O2.BF4/c1-3-10-8-5-6-9(7-8)11-4-2;2-1(3,4)5/h5-7H,3-4H2,1-2H3;/q+1;-1. The van der Waals surface area contributed by atoms with Crippen molar-refractivity contribution in [3.8, 4) is 0 Å². The number of hydrogen-bond donors (Lipinski definition) is 0. The van der Waals surface area contributed by atoms with Crippen LogP contribution >= 0.6 is 0 Å². The van der Waals surface area contributed by atoms with Gasteiger partial charge in [0.1, 0.15) is 13.2 Å². The molecule has 1 aromatic rings. The van der Waals surface area contributed by atoms with Gasteiger partial charge in [-0.3, -0.25) is 0 Å². The second-order valence-electron chi connectivity index (χ2n) is 2.46. The lowest BCUT2D eigenvalue weighted by Gasteiger charge is -1.94. The maximum absolute atomic E-state index is 9.75. The number of halogens is 4. The Hall–Kier alpha value is -1.41. The zero-order valence-electron chi connectivity index (χ0n) is 8.95. The van der Waals surface area contributed by atoms with Gasteiger partial charge in [0.15, 0.2) is 12.4 Å². The number of hydrogen-bond acceptors (Lipinski definition) is 2. The molecular weight excluding hydrogens is 231 g/mol. The molecule has 0 aromatic carbocycles. The van der Waals surface area contributed by atoms with E-state index >= 15 is 0 Å². The van der Waals surface area contributed by atoms with Crippen LogP contribution in [-0.2, 0) is 0 Å². The summed E-state index contributed by atoms with van der Waals surface area (Å²) >= 11 is 0. The fourth-order valence-electron chi connectivity index (χ4n) is 0.771. The molecule has 0 aliphatic carbocycles. The van der Waals surface area contributed by atoms with Gasteiger partial charge in [-0.25, -0.2) is 0 Å². The van der Waals surface area contributed by atoms with E-state index in [4.69, 9.17) is 9.68 Å². The Morgan fingerprint density at radius 2 is 1.75 bits per heavy atom. The molecule has 0 spiro atoms. The molecule has 1 rings (SSSR count). The normalized spacial score (nSPS) is 10.4. The van der Waals surface area contributed by atoms with Crippen molar-refractivity contribution in [3.05, 3.63) is 18.7 Å². The van der Waals surface area contributed by atoms with Crippen molar-refractivity contribution in [2.45, 2.75) is 13.8 Å². The molecule has 16 heavy (non-hydrogen) atoms. The van der Waals surface area contributed by atoms with Crippen LogP contribution in [0.3, 0.4) is 0 Å². The van der Waals surface area contributed by atoms with Crippen LogP contribution in [0.4, 0.5) is 17.3 Å². The first-order chi connectivity index (χ1) is 7.36. The summed E-state index contributed by atoms with van der Waals surface area (Å²) in [6.07, 6.45) is 5.31. The van der Waals surface area contributed by atoms with Gasteiger partial charge in [-0.15, -0.1) is 0 Å². The second kappa shape index (κ2) is 6.97. The van der Waals surface area contributed by atoms with E-state index in [9.17, 15) is 17.3 Å². The van der Waals surface area contributed by atoms with Crippen LogP contribution < -0.4 is 14.4 Å². The molecule has 0 fully saturated rings. The number of imidazole rings is 1. The summed E-state index contributed by atoms with van der Waals surface area (Å²) in [5.41, 5.74) is 0. The van der Waals surface area contributed by atoms with Crippen LogP contribution in [0.25, 0.3) is 0 Å². The maximum Gasteiger partial charge on any atom is 0.673 e. The lowest BCUT2D eigenvalue weighted by atomic mass is 10.3. The summed E-state index contributed by atoms with van der Waals surface area (Å²) in [5, 5.41) is 0. The van der Waals surface area contributed by atoms with Gasteiger partial charge in [0.2, 0.25) is 0 Å². The molecule has 4 nitrogen and oxygen atoms in total. The Bertz CT molecular complexity index is 266. The molecule has 0 saturated carbocycles. The molecule has 0 bridgehead atoms. The first-order valence-corrected chi connectivity index (χ1v) is 4.60. The second-order valence-corrected chi connectivity index (χ2v) is 2.46. The van der Waals surface area contributed by atoms with E-state index in [0.717, 1.165) is 0 Å². The van der Waals surface area contributed by atoms with Crippen molar-refractivity contribution in [1.82, 2.24) is 4.73 Å². The lowest BCUT2D eigenvalue weighted by Crippen LogP contribution is -2.40. The zero-order chi connectivity index (χ0) is 12.6. The van der Waals surface area contributed by atoms with Crippen molar-refractivity contribution in [1.29, 1.82) is 0 Å². The van der Waals surface area contributed by atoms with Crippen LogP contribution in [0.1, 0.15) is 13.8 Å². The molecule has 0 N–H and O–H groups in total. The highest BCUT2D eigenvalue weighted by Crippen LogP contribution is 2.06. The van der Waals surface area contributed by atoms with Crippen LogP contribution in [0.15, 0.2) is 18.7 Å². The third-order valence-corrected chi connectivity index (χ3v) is 1.14. The van der Waals surface area contributed by atoms with Crippen LogP contribution in [0.2, 0.25) is 0 Å². The predicted molar refractivity (Wildman–Crippen MR) is 49.1 cm³/mol. The van der Waals surface area contributed by atoms with E-state index in [1.54, 1.807) is 28.2 Å². The smallest absolute Gasteiger partial charge is 0.418 e. The Balaban J connectivity index is 0.000000385. The molecule has 94 valence electrons. The van der Waals surface area contributed by atoms with E-state index in [2.05, 4.69) is 0 Å². The summed E-state index contributed by atoms with van der Waals surface area (Å²) in [6.45, 7) is 5.18. The molecule has 0 amide bonds. The monoisotopic (exact) mass is 244 g/mol. The van der Waals surface area contributed by atoms with Gasteiger partial charge in [-0.1, -0.05) is 0 Å². The van der Waals surface area contributed by atoms with Crippen molar-refractivity contribution >= 4 is 7.25 Å². The van der Waals surface area contributed by atoms with Crippen LogP contribution in [0, 0.1) is 0 Å². The fourth-order valence-corrected chi connectivity index (χ4v) is 0.771. The predicted octanol–water partition coefficient (Wildman–Crippen LogP) is 0.973. The van der Waals surface area contributed by atoms with Gasteiger partial charge in [-0.05, 0) is 23.3 Å². The first-order valence-electron chi connectivity index (χ1n) is 4.60. The highest BCUT2D eigenvalue weighted by atomic mass is 19.5. The quantitative estimate of drug-likeness (QED) is 0.448. The van der Waals surface area contributed by atoms with Gasteiger partial charge in [0, 0.05) is 0 Å². The van der Waals surface area contributed by atoms with Crippen LogP contribution in [0.5, 0.6) is 0 Å². The molecule has 0 aliphatic rings. The molecule has 0 radical (unpaired) electrons. The summed E-state index contributed by atoms with van der Waals surface area (Å²) in [7, 11) is -6.00. The van der Waals surface area contributed by atoms with Crippen LogP contribution in [-0.4, -0.2) is 25.2 Å². The lowest BCUT2D eigenvalue weighted by molar-refractivity contribution is -0.891. The summed E-state index contributed by atoms with van der Waals surface area (Å²) < 4.78 is 42.2. The van der Waals surface area contributed by atoms with E-state index in [-0.39, 0.29) is 0 Å². The van der Waals surface area contributed by atoms with E-state index in [1.807, 2.05) is 13.8 Å². The Labute approximate surface area is 90.4 Å². The summed E-state index contributed by atoms with van der Waals surface area (Å²) in [5.74, 6) is 0. The zero-order valence-corrected chi connectivity index (χ0v) is 8.95. The SMILES string of the molecule is CCOn1cc[n+](OCC)c1.F[B-](F)(F)F. The average Bonchev–Trinajstić information content (AvgIpc) is 2.51. The Kier molecular flexibility index (Phi) is 6.35. The molecular formula is C7H13BF4N2O2. The number of nitrogens with zero attached hydrogens (tertiary/aromatic N) is 2. The van der Waals surface area contributed by atoms with Crippen molar-refractivity contribution in [3.63, 3.8) is 0 Å². The van der Waals surface area contributed by atoms with E-state index in [0.29, 0.717) is 13.2 Å². The third-order valence-electron chi connectivity index (χ3n) is 1.14. The minimum atomic E-state index is -6.00. The van der Waals surface area contributed by atoms with Gasteiger partial charge < -0.3 is 26.9 Å². The summed E-state index contributed by atoms with van der Waals surface area (Å²) in [6, 6.07) is 0. The highest BCUT2D eigenvalue weighted by molar-refractivity contribution is 6.50. The largest absolute Gasteiger partial charge is 0.673 e. The average molecular weight is 244 g/mol. The highest BCUT2D eigenvalue weighted by Gasteiger charge is 2.20. The molecule has 0 aliphatic heterocycles. The minimum absolute atomic E-state index is 0.654. The molecule has 0 unspecified atom stereocenters. The van der Waals surface area contributed by atoms with Crippen molar-refractivity contribution in [2.75, 3.05) is 13.2 Å². The van der Waals surface area contributed by atoms with Gasteiger partial charge in [-0.2, -0.15) is 0 Å². The number of rotatable bonds is 4. The van der Waals surface area contributed by atoms with Gasteiger partial charge >= 0.3 is 13.6 Å². The van der Waals surface area contributed by atoms with Crippen molar-refractivity contribution < 1.29 is 31.7 Å². The minimum Gasteiger partial charge on any atom is -0.418 e.